The van der Waals surface area contributed by atoms with Crippen LogP contribution in [-0.4, -0.2) is 25.0 Å². The van der Waals surface area contributed by atoms with Gasteiger partial charge >= 0.3 is 0 Å². The summed E-state index contributed by atoms with van der Waals surface area (Å²) in [6.07, 6.45) is 4.34. The minimum absolute atomic E-state index is 0.0615. The van der Waals surface area contributed by atoms with Crippen molar-refractivity contribution in [2.45, 2.75) is 39.2 Å². The molecule has 0 aromatic carbocycles. The van der Waals surface area contributed by atoms with E-state index in [2.05, 4.69) is 31.3 Å². The van der Waals surface area contributed by atoms with Gasteiger partial charge in [0.2, 0.25) is 0 Å². The van der Waals surface area contributed by atoms with Crippen LogP contribution in [-0.2, 0) is 4.74 Å². The standard InChI is InChI=1S/C10H20N2O/c1-10(2,3)12-11-7-9-5-4-6-13-8-9/h7,9,12H,4-6,8H2,1-3H3/b11-7+. The molecule has 76 valence electrons. The monoisotopic (exact) mass is 184 g/mol. The summed E-state index contributed by atoms with van der Waals surface area (Å²) in [7, 11) is 0. The van der Waals surface area contributed by atoms with E-state index in [1.54, 1.807) is 0 Å². The molecule has 0 saturated carbocycles. The minimum atomic E-state index is 0.0615. The Balaban J connectivity index is 2.22. The fourth-order valence-electron chi connectivity index (χ4n) is 1.22. The van der Waals surface area contributed by atoms with Crippen LogP contribution in [0.25, 0.3) is 0 Å². The van der Waals surface area contributed by atoms with Gasteiger partial charge in [0.25, 0.3) is 0 Å². The summed E-state index contributed by atoms with van der Waals surface area (Å²) in [5, 5.41) is 4.21. The van der Waals surface area contributed by atoms with Crippen molar-refractivity contribution in [2.24, 2.45) is 11.0 Å². The fourth-order valence-corrected chi connectivity index (χ4v) is 1.22. The highest BCUT2D eigenvalue weighted by atomic mass is 16.5. The maximum atomic E-state index is 5.35. The van der Waals surface area contributed by atoms with Crippen molar-refractivity contribution in [2.75, 3.05) is 13.2 Å². The quantitative estimate of drug-likeness (QED) is 0.524. The molecular weight excluding hydrogens is 164 g/mol. The lowest BCUT2D eigenvalue weighted by Gasteiger charge is -2.20. The van der Waals surface area contributed by atoms with Gasteiger partial charge in [0, 0.05) is 24.3 Å². The highest BCUT2D eigenvalue weighted by molar-refractivity contribution is 5.60. The molecule has 1 N–H and O–H groups in total. The smallest absolute Gasteiger partial charge is 0.0544 e. The molecule has 3 nitrogen and oxygen atoms in total. The molecule has 0 amide bonds. The molecule has 1 unspecified atom stereocenters. The first kappa shape index (κ1) is 10.5. The number of hydrazone groups is 1. The number of hydrogen-bond acceptors (Lipinski definition) is 3. The van der Waals surface area contributed by atoms with Crippen molar-refractivity contribution in [1.29, 1.82) is 0 Å². The lowest BCUT2D eigenvalue weighted by atomic mass is 10.0. The van der Waals surface area contributed by atoms with Crippen LogP contribution in [0.4, 0.5) is 0 Å². The Morgan fingerprint density at radius 3 is 2.77 bits per heavy atom. The lowest BCUT2D eigenvalue weighted by Crippen LogP contribution is -2.32. The Hall–Kier alpha value is -0.570. The molecule has 1 fully saturated rings. The van der Waals surface area contributed by atoms with Crippen molar-refractivity contribution in [3.8, 4) is 0 Å². The molecule has 0 aromatic heterocycles. The molecule has 1 aliphatic heterocycles. The molecular formula is C10H20N2O. The predicted molar refractivity (Wildman–Crippen MR) is 54.9 cm³/mol. The summed E-state index contributed by atoms with van der Waals surface area (Å²) in [5.41, 5.74) is 3.14. The molecule has 0 aromatic rings. The maximum Gasteiger partial charge on any atom is 0.0544 e. The van der Waals surface area contributed by atoms with Crippen LogP contribution in [0.1, 0.15) is 33.6 Å². The van der Waals surface area contributed by atoms with Crippen LogP contribution in [0, 0.1) is 5.92 Å². The highest BCUT2D eigenvalue weighted by Gasteiger charge is 2.12. The van der Waals surface area contributed by atoms with Crippen molar-refractivity contribution >= 4 is 6.21 Å². The van der Waals surface area contributed by atoms with Gasteiger partial charge in [-0.25, -0.2) is 0 Å². The SMILES string of the molecule is CC(C)(C)N/N=C/C1CCCOC1. The largest absolute Gasteiger partial charge is 0.381 e. The first-order valence-corrected chi connectivity index (χ1v) is 4.96. The van der Waals surface area contributed by atoms with E-state index in [4.69, 9.17) is 4.74 Å². The second-order valence-corrected chi connectivity index (χ2v) is 4.62. The molecule has 3 heteroatoms. The van der Waals surface area contributed by atoms with Crippen molar-refractivity contribution in [1.82, 2.24) is 5.43 Å². The van der Waals surface area contributed by atoms with Crippen LogP contribution in [0.15, 0.2) is 5.10 Å². The summed E-state index contributed by atoms with van der Waals surface area (Å²) in [4.78, 5) is 0. The van der Waals surface area contributed by atoms with Gasteiger partial charge in [-0.15, -0.1) is 0 Å². The van der Waals surface area contributed by atoms with Gasteiger partial charge in [-0.05, 0) is 33.6 Å². The zero-order chi connectivity index (χ0) is 9.73. The molecule has 1 atom stereocenters. The van der Waals surface area contributed by atoms with E-state index in [0.29, 0.717) is 5.92 Å². The van der Waals surface area contributed by atoms with Gasteiger partial charge in [-0.3, -0.25) is 0 Å². The van der Waals surface area contributed by atoms with E-state index in [1.165, 1.54) is 6.42 Å². The van der Waals surface area contributed by atoms with Gasteiger partial charge in [0.15, 0.2) is 0 Å². The Morgan fingerprint density at radius 2 is 2.23 bits per heavy atom. The number of hydrogen-bond donors (Lipinski definition) is 1. The van der Waals surface area contributed by atoms with Crippen LogP contribution >= 0.6 is 0 Å². The van der Waals surface area contributed by atoms with Crippen molar-refractivity contribution in [3.63, 3.8) is 0 Å². The first-order valence-electron chi connectivity index (χ1n) is 4.96. The Morgan fingerprint density at radius 1 is 1.46 bits per heavy atom. The van der Waals surface area contributed by atoms with Gasteiger partial charge < -0.3 is 10.2 Å². The Labute approximate surface area is 80.5 Å². The summed E-state index contributed by atoms with van der Waals surface area (Å²) in [6.45, 7) is 8.04. The molecule has 0 aliphatic carbocycles. The van der Waals surface area contributed by atoms with E-state index >= 15 is 0 Å². The topological polar surface area (TPSA) is 33.6 Å². The van der Waals surface area contributed by atoms with Crippen LogP contribution in [0.2, 0.25) is 0 Å². The van der Waals surface area contributed by atoms with E-state index in [9.17, 15) is 0 Å². The third kappa shape index (κ3) is 4.88. The zero-order valence-corrected chi connectivity index (χ0v) is 8.84. The Bertz CT molecular complexity index is 166. The number of nitrogens with zero attached hydrogens (tertiary/aromatic N) is 1. The summed E-state index contributed by atoms with van der Waals surface area (Å²) < 4.78 is 5.35. The van der Waals surface area contributed by atoms with Gasteiger partial charge in [-0.1, -0.05) is 0 Å². The first-order chi connectivity index (χ1) is 6.08. The number of ether oxygens (including phenoxy) is 1. The average molecular weight is 184 g/mol. The van der Waals surface area contributed by atoms with E-state index in [1.807, 2.05) is 6.21 Å². The van der Waals surface area contributed by atoms with E-state index in [0.717, 1.165) is 19.6 Å². The van der Waals surface area contributed by atoms with Gasteiger partial charge in [0.05, 0.1) is 6.61 Å². The molecule has 1 heterocycles. The summed E-state index contributed by atoms with van der Waals surface area (Å²) >= 11 is 0. The fraction of sp³-hybridized carbons (Fsp3) is 0.900. The lowest BCUT2D eigenvalue weighted by molar-refractivity contribution is 0.0781. The van der Waals surface area contributed by atoms with Crippen LogP contribution in [0.3, 0.4) is 0 Å². The predicted octanol–water partition coefficient (Wildman–Crippen LogP) is 1.79. The molecule has 1 rings (SSSR count). The van der Waals surface area contributed by atoms with Crippen molar-refractivity contribution in [3.05, 3.63) is 0 Å². The second kappa shape index (κ2) is 4.61. The highest BCUT2D eigenvalue weighted by Crippen LogP contribution is 2.10. The molecule has 0 radical (unpaired) electrons. The van der Waals surface area contributed by atoms with Gasteiger partial charge in [-0.2, -0.15) is 5.10 Å². The molecule has 1 aliphatic rings. The van der Waals surface area contributed by atoms with E-state index in [-0.39, 0.29) is 5.54 Å². The molecule has 13 heavy (non-hydrogen) atoms. The normalized spacial score (nSPS) is 25.0. The number of rotatable bonds is 2. The Kier molecular flexibility index (Phi) is 3.72. The van der Waals surface area contributed by atoms with Gasteiger partial charge in [0.1, 0.15) is 0 Å². The van der Waals surface area contributed by atoms with Crippen molar-refractivity contribution < 1.29 is 4.74 Å². The molecule has 0 spiro atoms. The summed E-state index contributed by atoms with van der Waals surface area (Å²) in [6, 6.07) is 0. The average Bonchev–Trinajstić information content (AvgIpc) is 2.04. The third-order valence-corrected chi connectivity index (χ3v) is 1.88. The minimum Gasteiger partial charge on any atom is -0.381 e. The maximum absolute atomic E-state index is 5.35. The molecule has 0 bridgehead atoms. The number of nitrogens with one attached hydrogen (secondary N) is 1. The summed E-state index contributed by atoms with van der Waals surface area (Å²) in [5.74, 6) is 0.503. The zero-order valence-electron chi connectivity index (χ0n) is 8.84. The third-order valence-electron chi connectivity index (χ3n) is 1.88. The van der Waals surface area contributed by atoms with Crippen LogP contribution in [0.5, 0.6) is 0 Å². The van der Waals surface area contributed by atoms with E-state index < -0.39 is 0 Å². The molecule has 1 saturated heterocycles. The van der Waals surface area contributed by atoms with Crippen LogP contribution < -0.4 is 5.43 Å². The second-order valence-electron chi connectivity index (χ2n) is 4.62.